The summed E-state index contributed by atoms with van der Waals surface area (Å²) in [5.41, 5.74) is 0. The maximum Gasteiger partial charge on any atom is 0.111 e. The lowest BCUT2D eigenvalue weighted by molar-refractivity contribution is 0.115. The summed E-state index contributed by atoms with van der Waals surface area (Å²) in [5, 5.41) is 0. The fourth-order valence-corrected chi connectivity index (χ4v) is 1.59. The molecule has 0 saturated carbocycles. The van der Waals surface area contributed by atoms with Gasteiger partial charge in [0.15, 0.2) is 0 Å². The van der Waals surface area contributed by atoms with Crippen LogP contribution in [0.15, 0.2) is 12.4 Å². The first-order valence-electron chi connectivity index (χ1n) is 6.20. The van der Waals surface area contributed by atoms with Crippen LogP contribution in [0.3, 0.4) is 0 Å². The van der Waals surface area contributed by atoms with E-state index < -0.39 is 0 Å². The van der Waals surface area contributed by atoms with Gasteiger partial charge in [-0.15, -0.1) is 0 Å². The number of rotatable bonds is 7. The van der Waals surface area contributed by atoms with Gasteiger partial charge in [0, 0.05) is 31.5 Å². The van der Waals surface area contributed by atoms with E-state index in [9.17, 15) is 0 Å². The van der Waals surface area contributed by atoms with Gasteiger partial charge < -0.3 is 9.30 Å². The molecule has 0 aliphatic rings. The van der Waals surface area contributed by atoms with Crippen molar-refractivity contribution in [3.05, 3.63) is 18.2 Å². The van der Waals surface area contributed by atoms with Gasteiger partial charge in [0.1, 0.15) is 5.82 Å². The van der Waals surface area contributed by atoms with Crippen LogP contribution in [0.5, 0.6) is 0 Å². The highest BCUT2D eigenvalue weighted by molar-refractivity contribution is 4.97. The number of nitrogens with zero attached hydrogens (tertiary/aromatic N) is 2. The molecule has 0 fully saturated rings. The van der Waals surface area contributed by atoms with Crippen LogP contribution in [-0.4, -0.2) is 22.8 Å². The van der Waals surface area contributed by atoms with Gasteiger partial charge in [-0.1, -0.05) is 27.7 Å². The van der Waals surface area contributed by atoms with Gasteiger partial charge in [-0.2, -0.15) is 0 Å². The third-order valence-corrected chi connectivity index (χ3v) is 2.58. The standard InChI is InChI=1S/C13H24N2O/c1-11(2)5-9-16-10-8-15-7-6-14-13(15)12(3)4/h6-7,11-12H,5,8-10H2,1-4H3. The molecule has 3 heteroatoms. The van der Waals surface area contributed by atoms with Gasteiger partial charge in [0.25, 0.3) is 0 Å². The van der Waals surface area contributed by atoms with Crippen LogP contribution in [0.1, 0.15) is 45.9 Å². The summed E-state index contributed by atoms with van der Waals surface area (Å²) in [7, 11) is 0. The summed E-state index contributed by atoms with van der Waals surface area (Å²) >= 11 is 0. The molecule has 1 aromatic rings. The summed E-state index contributed by atoms with van der Waals surface area (Å²) in [6.45, 7) is 11.3. The topological polar surface area (TPSA) is 27.1 Å². The minimum Gasteiger partial charge on any atom is -0.380 e. The maximum absolute atomic E-state index is 5.60. The van der Waals surface area contributed by atoms with Crippen molar-refractivity contribution in [2.24, 2.45) is 5.92 Å². The van der Waals surface area contributed by atoms with Crippen LogP contribution in [0, 0.1) is 5.92 Å². The second-order valence-corrected chi connectivity index (χ2v) is 4.93. The highest BCUT2D eigenvalue weighted by atomic mass is 16.5. The zero-order valence-corrected chi connectivity index (χ0v) is 10.9. The monoisotopic (exact) mass is 224 g/mol. The number of imidazole rings is 1. The molecule has 0 aromatic carbocycles. The van der Waals surface area contributed by atoms with Crippen LogP contribution in [-0.2, 0) is 11.3 Å². The predicted molar refractivity (Wildman–Crippen MR) is 66.6 cm³/mol. The van der Waals surface area contributed by atoms with Gasteiger partial charge >= 0.3 is 0 Å². The third-order valence-electron chi connectivity index (χ3n) is 2.58. The largest absolute Gasteiger partial charge is 0.380 e. The fourth-order valence-electron chi connectivity index (χ4n) is 1.59. The number of hydrogen-bond acceptors (Lipinski definition) is 2. The van der Waals surface area contributed by atoms with Crippen molar-refractivity contribution in [3.63, 3.8) is 0 Å². The Morgan fingerprint density at radius 2 is 2.00 bits per heavy atom. The molecule has 1 aromatic heterocycles. The Balaban J connectivity index is 2.24. The van der Waals surface area contributed by atoms with E-state index in [-0.39, 0.29) is 0 Å². The highest BCUT2D eigenvalue weighted by Gasteiger charge is 2.06. The lowest BCUT2D eigenvalue weighted by Gasteiger charge is -2.11. The molecule has 3 nitrogen and oxygen atoms in total. The van der Waals surface area contributed by atoms with Crippen LogP contribution < -0.4 is 0 Å². The first-order valence-corrected chi connectivity index (χ1v) is 6.20. The third kappa shape index (κ3) is 4.35. The van der Waals surface area contributed by atoms with Crippen molar-refractivity contribution in [2.75, 3.05) is 13.2 Å². The Morgan fingerprint density at radius 3 is 2.62 bits per heavy atom. The Morgan fingerprint density at radius 1 is 1.25 bits per heavy atom. The van der Waals surface area contributed by atoms with Gasteiger partial charge in [-0.05, 0) is 12.3 Å². The average Bonchev–Trinajstić information content (AvgIpc) is 2.65. The summed E-state index contributed by atoms with van der Waals surface area (Å²) < 4.78 is 7.78. The molecule has 1 heterocycles. The van der Waals surface area contributed by atoms with E-state index in [1.54, 1.807) is 0 Å². The number of aromatic nitrogens is 2. The smallest absolute Gasteiger partial charge is 0.111 e. The Bertz CT molecular complexity index is 292. The molecule has 0 N–H and O–H groups in total. The van der Waals surface area contributed by atoms with Crippen molar-refractivity contribution < 1.29 is 4.74 Å². The minimum atomic E-state index is 0.477. The van der Waals surface area contributed by atoms with Gasteiger partial charge in [0.2, 0.25) is 0 Å². The molecule has 0 aliphatic heterocycles. The molecular formula is C13H24N2O. The van der Waals surface area contributed by atoms with Crippen molar-refractivity contribution >= 4 is 0 Å². The van der Waals surface area contributed by atoms with Crippen molar-refractivity contribution in [1.82, 2.24) is 9.55 Å². The number of ether oxygens (including phenoxy) is 1. The molecule has 1 rings (SSSR count). The fraction of sp³-hybridized carbons (Fsp3) is 0.769. The summed E-state index contributed by atoms with van der Waals surface area (Å²) in [6.07, 6.45) is 5.03. The summed E-state index contributed by atoms with van der Waals surface area (Å²) in [5.74, 6) is 2.34. The van der Waals surface area contributed by atoms with Crippen molar-refractivity contribution in [3.8, 4) is 0 Å². The molecule has 0 amide bonds. The number of hydrogen-bond donors (Lipinski definition) is 0. The minimum absolute atomic E-state index is 0.477. The average molecular weight is 224 g/mol. The maximum atomic E-state index is 5.60. The molecule has 0 atom stereocenters. The summed E-state index contributed by atoms with van der Waals surface area (Å²) in [6, 6.07) is 0. The second kappa shape index (κ2) is 6.69. The van der Waals surface area contributed by atoms with E-state index >= 15 is 0 Å². The van der Waals surface area contributed by atoms with E-state index in [1.165, 1.54) is 0 Å². The van der Waals surface area contributed by atoms with Crippen LogP contribution in [0.25, 0.3) is 0 Å². The van der Waals surface area contributed by atoms with E-state index in [4.69, 9.17) is 4.74 Å². The second-order valence-electron chi connectivity index (χ2n) is 4.93. The van der Waals surface area contributed by atoms with E-state index in [2.05, 4.69) is 37.2 Å². The summed E-state index contributed by atoms with van der Waals surface area (Å²) in [4.78, 5) is 4.35. The highest BCUT2D eigenvalue weighted by Crippen LogP contribution is 2.11. The Kier molecular flexibility index (Phi) is 5.53. The normalized spacial score (nSPS) is 11.6. The molecule has 0 saturated heterocycles. The lowest BCUT2D eigenvalue weighted by Crippen LogP contribution is -2.10. The molecule has 0 aliphatic carbocycles. The van der Waals surface area contributed by atoms with E-state index in [0.717, 1.165) is 37.9 Å². The molecule has 0 bridgehead atoms. The van der Waals surface area contributed by atoms with E-state index in [0.29, 0.717) is 5.92 Å². The molecule has 16 heavy (non-hydrogen) atoms. The van der Waals surface area contributed by atoms with Crippen LogP contribution >= 0.6 is 0 Å². The zero-order valence-electron chi connectivity index (χ0n) is 10.9. The van der Waals surface area contributed by atoms with Crippen molar-refractivity contribution in [2.45, 2.75) is 46.6 Å². The van der Waals surface area contributed by atoms with Gasteiger partial charge in [0.05, 0.1) is 6.61 Å². The van der Waals surface area contributed by atoms with Crippen molar-refractivity contribution in [1.29, 1.82) is 0 Å². The Labute approximate surface area is 98.8 Å². The first-order chi connectivity index (χ1) is 7.61. The molecule has 92 valence electrons. The van der Waals surface area contributed by atoms with Crippen LogP contribution in [0.2, 0.25) is 0 Å². The molecule has 0 unspecified atom stereocenters. The molecular weight excluding hydrogens is 200 g/mol. The Hall–Kier alpha value is -0.830. The quantitative estimate of drug-likeness (QED) is 0.666. The van der Waals surface area contributed by atoms with E-state index in [1.807, 2.05) is 12.4 Å². The molecule has 0 radical (unpaired) electrons. The predicted octanol–water partition coefficient (Wildman–Crippen LogP) is 3.07. The zero-order chi connectivity index (χ0) is 12.0. The van der Waals surface area contributed by atoms with Gasteiger partial charge in [-0.3, -0.25) is 0 Å². The lowest BCUT2D eigenvalue weighted by atomic mass is 10.1. The SMILES string of the molecule is CC(C)CCOCCn1ccnc1C(C)C. The first kappa shape index (κ1) is 13.2. The van der Waals surface area contributed by atoms with Crippen LogP contribution in [0.4, 0.5) is 0 Å². The molecule has 0 spiro atoms. The van der Waals surface area contributed by atoms with Gasteiger partial charge in [-0.25, -0.2) is 4.98 Å².